The minimum Gasteiger partial charge on any atom is -0.406 e. The maximum absolute atomic E-state index is 14.2. The molecule has 0 unspecified atom stereocenters. The zero-order valence-electron chi connectivity index (χ0n) is 18.4. The maximum Gasteiger partial charge on any atom is 0.573 e. The van der Waals surface area contributed by atoms with E-state index in [1.54, 1.807) is 0 Å². The third-order valence-electron chi connectivity index (χ3n) is 6.09. The number of ether oxygens (including phenoxy) is 2. The first-order valence-corrected chi connectivity index (χ1v) is 11.2. The van der Waals surface area contributed by atoms with E-state index in [2.05, 4.69) is 11.3 Å². The van der Waals surface area contributed by atoms with E-state index in [0.29, 0.717) is 11.5 Å². The van der Waals surface area contributed by atoms with Crippen LogP contribution < -0.4 is 4.74 Å². The van der Waals surface area contributed by atoms with Gasteiger partial charge < -0.3 is 9.47 Å². The lowest BCUT2D eigenvalue weighted by atomic mass is 9.77. The van der Waals surface area contributed by atoms with Gasteiger partial charge in [-0.05, 0) is 79.2 Å². The second-order valence-corrected chi connectivity index (χ2v) is 8.62. The van der Waals surface area contributed by atoms with E-state index in [-0.39, 0.29) is 12.2 Å². The molecule has 33 heavy (non-hydrogen) atoms. The normalized spacial score (nSPS) is 19.3. The zero-order valence-corrected chi connectivity index (χ0v) is 18.4. The molecular weight excluding hydrogens is 439 g/mol. The third kappa shape index (κ3) is 8.46. The Morgan fingerprint density at radius 2 is 1.45 bits per heavy atom. The number of rotatable bonds is 10. The first-order chi connectivity index (χ1) is 15.6. The average molecular weight is 469 g/mol. The van der Waals surface area contributed by atoms with Gasteiger partial charge in [0.15, 0.2) is 0 Å². The minimum absolute atomic E-state index is 0.147. The van der Waals surface area contributed by atoms with Crippen LogP contribution in [0.4, 0.5) is 22.0 Å². The molecule has 0 aromatic heterocycles. The summed E-state index contributed by atoms with van der Waals surface area (Å²) < 4.78 is 73.6. The molecule has 0 heterocycles. The molecule has 0 radical (unpaired) electrons. The summed E-state index contributed by atoms with van der Waals surface area (Å²) in [4.78, 5) is 0. The first-order valence-electron chi connectivity index (χ1n) is 11.2. The molecule has 2 aromatic rings. The quantitative estimate of drug-likeness (QED) is 0.259. The fourth-order valence-corrected chi connectivity index (χ4v) is 4.31. The van der Waals surface area contributed by atoms with Crippen molar-refractivity contribution in [2.24, 2.45) is 5.92 Å². The summed E-state index contributed by atoms with van der Waals surface area (Å²) >= 11 is 0. The predicted octanol–water partition coefficient (Wildman–Crippen LogP) is 8.18. The summed E-state index contributed by atoms with van der Waals surface area (Å²) in [5.74, 6) is 0.814. The van der Waals surface area contributed by atoms with Crippen LogP contribution in [0.2, 0.25) is 0 Å². The van der Waals surface area contributed by atoms with Gasteiger partial charge in [0.1, 0.15) is 5.75 Å². The largest absolute Gasteiger partial charge is 0.573 e. The highest BCUT2D eigenvalue weighted by Gasteiger charge is 2.32. The van der Waals surface area contributed by atoms with Crippen LogP contribution in [0.1, 0.15) is 61.1 Å². The van der Waals surface area contributed by atoms with E-state index < -0.39 is 24.6 Å². The number of alkyl halides is 5. The van der Waals surface area contributed by atoms with Crippen LogP contribution in [0.5, 0.6) is 5.75 Å². The Hall–Kier alpha value is -2.41. The third-order valence-corrected chi connectivity index (χ3v) is 6.09. The van der Waals surface area contributed by atoms with E-state index in [1.165, 1.54) is 37.0 Å². The summed E-state index contributed by atoms with van der Waals surface area (Å²) in [6, 6.07) is 12.0. The Morgan fingerprint density at radius 1 is 0.848 bits per heavy atom. The molecule has 0 saturated heterocycles. The summed E-state index contributed by atoms with van der Waals surface area (Å²) in [6.45, 7) is 3.53. The van der Waals surface area contributed by atoms with Crippen LogP contribution >= 0.6 is 0 Å². The molecule has 1 aliphatic rings. The number of allylic oxidation sites excluding steroid dienone is 1. The fraction of sp³-hybridized carbons (Fsp3) is 0.462. The van der Waals surface area contributed by atoms with Crippen LogP contribution in [0, 0.1) is 5.92 Å². The molecule has 1 saturated carbocycles. The van der Waals surface area contributed by atoms with E-state index in [9.17, 15) is 22.0 Å². The Balaban J connectivity index is 1.47. The summed E-state index contributed by atoms with van der Waals surface area (Å²) in [6.07, 6.45) is -0.0859. The van der Waals surface area contributed by atoms with Crippen molar-refractivity contribution in [3.8, 4) is 5.75 Å². The molecule has 1 fully saturated rings. The molecule has 0 amide bonds. The number of hydrogen-bond acceptors (Lipinski definition) is 2. The molecule has 0 aliphatic heterocycles. The highest BCUT2D eigenvalue weighted by molar-refractivity contribution is 5.28. The van der Waals surface area contributed by atoms with Crippen LogP contribution in [-0.4, -0.2) is 12.5 Å². The Morgan fingerprint density at radius 3 is 2.03 bits per heavy atom. The van der Waals surface area contributed by atoms with Gasteiger partial charge in [0.05, 0.1) is 13.0 Å². The minimum atomic E-state index is -4.82. The SMILES string of the molecule is C=CCCC1CCC(c2ccc(COC(F)(F)Cc3ccc(OC(F)(F)F)cc3)cc2)CC1. The lowest BCUT2D eigenvalue weighted by Gasteiger charge is -2.28. The summed E-state index contributed by atoms with van der Waals surface area (Å²) in [5.41, 5.74) is 2.02. The van der Waals surface area contributed by atoms with Gasteiger partial charge in [-0.2, -0.15) is 8.78 Å². The van der Waals surface area contributed by atoms with Crippen molar-refractivity contribution < 1.29 is 31.4 Å². The van der Waals surface area contributed by atoms with Gasteiger partial charge in [0.2, 0.25) is 0 Å². The summed E-state index contributed by atoms with van der Waals surface area (Å²) in [7, 11) is 0. The van der Waals surface area contributed by atoms with Crippen molar-refractivity contribution in [1.82, 2.24) is 0 Å². The highest BCUT2D eigenvalue weighted by atomic mass is 19.4. The monoisotopic (exact) mass is 468 g/mol. The molecule has 7 heteroatoms. The fourth-order valence-electron chi connectivity index (χ4n) is 4.31. The van der Waals surface area contributed by atoms with Crippen LogP contribution in [-0.2, 0) is 17.8 Å². The Labute approximate surface area is 191 Å². The molecule has 2 aromatic carbocycles. The number of hydrogen-bond donors (Lipinski definition) is 0. The van der Waals surface area contributed by atoms with Crippen molar-refractivity contribution in [1.29, 1.82) is 0 Å². The molecule has 1 aliphatic carbocycles. The van der Waals surface area contributed by atoms with Gasteiger partial charge in [-0.25, -0.2) is 0 Å². The smallest absolute Gasteiger partial charge is 0.406 e. The van der Waals surface area contributed by atoms with Crippen LogP contribution in [0.15, 0.2) is 61.2 Å². The molecule has 0 N–H and O–H groups in total. The van der Waals surface area contributed by atoms with E-state index in [4.69, 9.17) is 4.74 Å². The highest BCUT2D eigenvalue weighted by Crippen LogP contribution is 2.37. The first kappa shape index (κ1) is 25.2. The average Bonchev–Trinajstić information content (AvgIpc) is 2.77. The van der Waals surface area contributed by atoms with Crippen LogP contribution in [0.3, 0.4) is 0 Å². The zero-order chi connectivity index (χ0) is 23.9. The van der Waals surface area contributed by atoms with Gasteiger partial charge >= 0.3 is 12.5 Å². The number of halogens is 5. The van der Waals surface area contributed by atoms with Crippen LogP contribution in [0.25, 0.3) is 0 Å². The second-order valence-electron chi connectivity index (χ2n) is 8.62. The Kier molecular flexibility index (Phi) is 8.51. The van der Waals surface area contributed by atoms with Gasteiger partial charge in [0, 0.05) is 0 Å². The van der Waals surface area contributed by atoms with Gasteiger partial charge in [-0.15, -0.1) is 19.8 Å². The molecule has 180 valence electrons. The van der Waals surface area contributed by atoms with E-state index in [0.717, 1.165) is 37.3 Å². The van der Waals surface area contributed by atoms with Gasteiger partial charge in [0.25, 0.3) is 0 Å². The Bertz CT molecular complexity index is 867. The lowest BCUT2D eigenvalue weighted by Crippen LogP contribution is -2.24. The van der Waals surface area contributed by atoms with Crippen molar-refractivity contribution in [2.45, 2.75) is 69.9 Å². The molecule has 0 spiro atoms. The molecule has 0 bridgehead atoms. The van der Waals surface area contributed by atoms with Crippen molar-refractivity contribution in [3.63, 3.8) is 0 Å². The van der Waals surface area contributed by atoms with E-state index >= 15 is 0 Å². The van der Waals surface area contributed by atoms with Crippen molar-refractivity contribution in [2.75, 3.05) is 0 Å². The predicted molar refractivity (Wildman–Crippen MR) is 117 cm³/mol. The summed E-state index contributed by atoms with van der Waals surface area (Å²) in [5, 5.41) is 0. The van der Waals surface area contributed by atoms with E-state index in [1.807, 2.05) is 30.3 Å². The standard InChI is InChI=1S/C26H29F5O2/c1-2-3-4-19-5-11-22(12-6-19)23-13-7-21(8-14-23)18-32-25(27,28)17-20-9-15-24(16-10-20)33-26(29,30)31/h2,7-10,13-16,19,22H,1,3-6,11-12,17-18H2. The molecule has 2 nitrogen and oxygen atoms in total. The van der Waals surface area contributed by atoms with Crippen molar-refractivity contribution in [3.05, 3.63) is 77.9 Å². The topological polar surface area (TPSA) is 18.5 Å². The van der Waals surface area contributed by atoms with Gasteiger partial charge in [-0.3, -0.25) is 0 Å². The number of benzene rings is 2. The van der Waals surface area contributed by atoms with Gasteiger partial charge in [-0.1, -0.05) is 42.5 Å². The maximum atomic E-state index is 14.2. The lowest BCUT2D eigenvalue weighted by molar-refractivity contribution is -0.274. The second kappa shape index (κ2) is 11.1. The molecule has 0 atom stereocenters. The van der Waals surface area contributed by atoms with Crippen molar-refractivity contribution >= 4 is 0 Å². The molecular formula is C26H29F5O2. The molecule has 3 rings (SSSR count).